The van der Waals surface area contributed by atoms with Crippen molar-refractivity contribution in [3.05, 3.63) is 47.8 Å². The monoisotopic (exact) mass is 408 g/mol. The van der Waals surface area contributed by atoms with Crippen molar-refractivity contribution in [3.8, 4) is 0 Å². The van der Waals surface area contributed by atoms with Gasteiger partial charge in [-0.15, -0.1) is 0 Å². The van der Waals surface area contributed by atoms with Gasteiger partial charge in [-0.2, -0.15) is 18.3 Å². The zero-order chi connectivity index (χ0) is 20.9. The molecule has 1 aromatic carbocycles. The molecule has 0 atom stereocenters. The second kappa shape index (κ2) is 9.19. The van der Waals surface area contributed by atoms with Crippen LogP contribution in [0, 0.1) is 0 Å². The van der Waals surface area contributed by atoms with Crippen molar-refractivity contribution in [2.24, 2.45) is 12.0 Å². The summed E-state index contributed by atoms with van der Waals surface area (Å²) in [5.41, 5.74) is 0.398. The Hall–Kier alpha value is -2.71. The molecule has 29 heavy (non-hydrogen) atoms. The summed E-state index contributed by atoms with van der Waals surface area (Å²) in [4.78, 5) is 6.71. The number of piperidine rings is 1. The van der Waals surface area contributed by atoms with Crippen molar-refractivity contribution in [2.45, 2.75) is 38.5 Å². The van der Waals surface area contributed by atoms with Crippen LogP contribution >= 0.6 is 0 Å². The first kappa shape index (κ1) is 21.0. The molecule has 1 aliphatic rings. The fraction of sp³-hybridized carbons (Fsp3) is 0.500. The van der Waals surface area contributed by atoms with E-state index in [1.165, 1.54) is 23.6 Å². The second-order valence-corrected chi connectivity index (χ2v) is 7.11. The third-order valence-corrected chi connectivity index (χ3v) is 4.88. The molecule has 0 saturated carbocycles. The summed E-state index contributed by atoms with van der Waals surface area (Å²) in [7, 11) is 1.48. The number of benzene rings is 1. The van der Waals surface area contributed by atoms with Crippen LogP contribution in [0.5, 0.6) is 0 Å². The first-order valence-electron chi connectivity index (χ1n) is 9.81. The van der Waals surface area contributed by atoms with E-state index in [-0.39, 0.29) is 18.2 Å². The van der Waals surface area contributed by atoms with Gasteiger partial charge in [0.15, 0.2) is 11.7 Å². The molecule has 2 N–H and O–H groups in total. The van der Waals surface area contributed by atoms with Crippen LogP contribution in [0.2, 0.25) is 0 Å². The molecule has 0 radical (unpaired) electrons. The number of para-hydroxylation sites is 1. The van der Waals surface area contributed by atoms with Gasteiger partial charge in [-0.3, -0.25) is 4.68 Å². The number of rotatable bonds is 5. The van der Waals surface area contributed by atoms with E-state index in [1.807, 2.05) is 25.1 Å². The standard InChI is InChI=1S/C20H27F3N6/c1-3-24-19(25-13-15-14-28(2)27-18(15)20(21,22)23)26-16-9-11-29(12-10-16)17-7-5-4-6-8-17/h4-8,14,16H,3,9-13H2,1-2H3,(H2,24,25,26). The van der Waals surface area contributed by atoms with Crippen molar-refractivity contribution < 1.29 is 13.2 Å². The highest BCUT2D eigenvalue weighted by atomic mass is 19.4. The molecule has 0 unspecified atom stereocenters. The van der Waals surface area contributed by atoms with Crippen LogP contribution in [0.15, 0.2) is 41.5 Å². The Bertz CT molecular complexity index is 807. The van der Waals surface area contributed by atoms with Gasteiger partial charge in [0, 0.05) is 50.2 Å². The van der Waals surface area contributed by atoms with E-state index in [9.17, 15) is 13.2 Å². The maximum Gasteiger partial charge on any atom is 0.435 e. The number of anilines is 1. The molecule has 1 saturated heterocycles. The first-order chi connectivity index (χ1) is 13.9. The van der Waals surface area contributed by atoms with Crippen LogP contribution in [-0.2, 0) is 19.8 Å². The van der Waals surface area contributed by atoms with Crippen molar-refractivity contribution in [2.75, 3.05) is 24.5 Å². The average Bonchev–Trinajstić information content (AvgIpc) is 3.09. The number of alkyl halides is 3. The number of nitrogens with one attached hydrogen (secondary N) is 2. The Morgan fingerprint density at radius 1 is 1.21 bits per heavy atom. The summed E-state index contributed by atoms with van der Waals surface area (Å²) in [6.07, 6.45) is -1.25. The number of nitrogens with zero attached hydrogens (tertiary/aromatic N) is 4. The van der Waals surface area contributed by atoms with Crippen molar-refractivity contribution in [1.29, 1.82) is 0 Å². The molecule has 0 bridgehead atoms. The lowest BCUT2D eigenvalue weighted by atomic mass is 10.0. The number of hydrogen-bond acceptors (Lipinski definition) is 3. The van der Waals surface area contributed by atoms with Crippen molar-refractivity contribution in [3.63, 3.8) is 0 Å². The van der Waals surface area contributed by atoms with E-state index >= 15 is 0 Å². The molecule has 1 aliphatic heterocycles. The summed E-state index contributed by atoms with van der Waals surface area (Å²) in [5, 5.41) is 10.0. The molecule has 9 heteroatoms. The van der Waals surface area contributed by atoms with E-state index in [0.717, 1.165) is 25.9 Å². The van der Waals surface area contributed by atoms with Gasteiger partial charge >= 0.3 is 6.18 Å². The lowest BCUT2D eigenvalue weighted by Gasteiger charge is -2.34. The van der Waals surface area contributed by atoms with Gasteiger partial charge in [-0.25, -0.2) is 4.99 Å². The fourth-order valence-electron chi connectivity index (χ4n) is 3.49. The molecule has 1 fully saturated rings. The van der Waals surface area contributed by atoms with E-state index in [1.54, 1.807) is 0 Å². The maximum absolute atomic E-state index is 13.1. The third kappa shape index (κ3) is 5.65. The predicted octanol–water partition coefficient (Wildman–Crippen LogP) is 3.16. The van der Waals surface area contributed by atoms with E-state index in [4.69, 9.17) is 0 Å². The van der Waals surface area contributed by atoms with Crippen LogP contribution in [0.25, 0.3) is 0 Å². The number of hydrogen-bond donors (Lipinski definition) is 2. The molecule has 2 heterocycles. The normalized spacial score (nSPS) is 16.2. The Labute approximate surface area is 168 Å². The highest BCUT2D eigenvalue weighted by Crippen LogP contribution is 2.30. The highest BCUT2D eigenvalue weighted by molar-refractivity contribution is 5.80. The zero-order valence-corrected chi connectivity index (χ0v) is 16.7. The van der Waals surface area contributed by atoms with Gasteiger partial charge < -0.3 is 15.5 Å². The van der Waals surface area contributed by atoms with Gasteiger partial charge in [0.2, 0.25) is 0 Å². The minimum Gasteiger partial charge on any atom is -0.371 e. The van der Waals surface area contributed by atoms with E-state index < -0.39 is 11.9 Å². The molecule has 0 spiro atoms. The number of guanidine groups is 1. The van der Waals surface area contributed by atoms with Crippen LogP contribution in [-0.4, -0.2) is 41.4 Å². The van der Waals surface area contributed by atoms with E-state index in [2.05, 4.69) is 37.8 Å². The van der Waals surface area contributed by atoms with E-state index in [0.29, 0.717) is 12.5 Å². The Balaban J connectivity index is 1.61. The predicted molar refractivity (Wildman–Crippen MR) is 108 cm³/mol. The molecular weight excluding hydrogens is 381 g/mol. The summed E-state index contributed by atoms with van der Waals surface area (Å²) < 4.78 is 40.5. The van der Waals surface area contributed by atoms with Crippen LogP contribution in [0.4, 0.5) is 18.9 Å². The summed E-state index contributed by atoms with van der Waals surface area (Å²) in [5.74, 6) is 0.530. The molecule has 0 aliphatic carbocycles. The number of halogens is 3. The Morgan fingerprint density at radius 3 is 2.52 bits per heavy atom. The number of aryl methyl sites for hydroxylation is 1. The van der Waals surface area contributed by atoms with Gasteiger partial charge in [-0.05, 0) is 31.9 Å². The van der Waals surface area contributed by atoms with Crippen molar-refractivity contribution >= 4 is 11.6 Å². The van der Waals surface area contributed by atoms with Crippen molar-refractivity contribution in [1.82, 2.24) is 20.4 Å². The highest BCUT2D eigenvalue weighted by Gasteiger charge is 2.36. The van der Waals surface area contributed by atoms with Gasteiger partial charge in [0.05, 0.1) is 6.54 Å². The lowest BCUT2D eigenvalue weighted by Crippen LogP contribution is -2.48. The fourth-order valence-corrected chi connectivity index (χ4v) is 3.49. The number of aliphatic imine (C=N–C) groups is 1. The Morgan fingerprint density at radius 2 is 1.90 bits per heavy atom. The third-order valence-electron chi connectivity index (χ3n) is 4.88. The Kier molecular flexibility index (Phi) is 6.66. The topological polar surface area (TPSA) is 57.5 Å². The van der Waals surface area contributed by atoms with Gasteiger partial charge in [0.25, 0.3) is 0 Å². The quantitative estimate of drug-likeness (QED) is 0.590. The second-order valence-electron chi connectivity index (χ2n) is 7.11. The average molecular weight is 408 g/mol. The number of aromatic nitrogens is 2. The molecule has 1 aromatic heterocycles. The first-order valence-corrected chi connectivity index (χ1v) is 9.81. The van der Waals surface area contributed by atoms with Crippen LogP contribution in [0.3, 0.4) is 0 Å². The largest absolute Gasteiger partial charge is 0.435 e. The molecule has 0 amide bonds. The molecule has 6 nitrogen and oxygen atoms in total. The molecular formula is C20H27F3N6. The minimum absolute atomic E-state index is 0.0658. The van der Waals surface area contributed by atoms with Crippen LogP contribution < -0.4 is 15.5 Å². The smallest absolute Gasteiger partial charge is 0.371 e. The summed E-state index contributed by atoms with van der Waals surface area (Å²) >= 11 is 0. The van der Waals surface area contributed by atoms with Gasteiger partial charge in [0.1, 0.15) is 0 Å². The minimum atomic E-state index is -4.48. The van der Waals surface area contributed by atoms with Crippen LogP contribution in [0.1, 0.15) is 31.0 Å². The molecule has 2 aromatic rings. The van der Waals surface area contributed by atoms with Gasteiger partial charge in [-0.1, -0.05) is 18.2 Å². The maximum atomic E-state index is 13.1. The summed E-state index contributed by atoms with van der Waals surface area (Å²) in [6.45, 7) is 4.32. The zero-order valence-electron chi connectivity index (χ0n) is 16.7. The SMILES string of the molecule is CCNC(=NCc1cn(C)nc1C(F)(F)F)NC1CCN(c2ccccc2)CC1. The molecule has 158 valence electrons. The summed E-state index contributed by atoms with van der Waals surface area (Å²) in [6, 6.07) is 10.5. The lowest BCUT2D eigenvalue weighted by molar-refractivity contribution is -0.142. The molecule has 3 rings (SSSR count).